The number of aryl methyl sites for hydroxylation is 1. The number of nitrogens with two attached hydrogens (primary N) is 1. The minimum Gasteiger partial charge on any atom is -0.326 e. The summed E-state index contributed by atoms with van der Waals surface area (Å²) in [4.78, 5) is 9.02. The normalized spacial score (nSPS) is 11.1. The number of para-hydroxylation sites is 1. The van der Waals surface area contributed by atoms with Crippen molar-refractivity contribution in [3.63, 3.8) is 0 Å². The quantitative estimate of drug-likeness (QED) is 0.762. The van der Waals surface area contributed by atoms with E-state index in [4.69, 9.17) is 10.7 Å². The van der Waals surface area contributed by atoms with Crippen LogP contribution in [0.25, 0.3) is 16.7 Å². The SMILES string of the molecule is Cc1ncn(-c2cc(CN)c3ccccc3n2)c1C. The zero-order valence-electron chi connectivity index (χ0n) is 11.1. The molecule has 0 aliphatic rings. The Kier molecular flexibility index (Phi) is 2.80. The van der Waals surface area contributed by atoms with Gasteiger partial charge in [0.05, 0.1) is 11.2 Å². The molecule has 2 heterocycles. The largest absolute Gasteiger partial charge is 0.326 e. The Labute approximate surface area is 111 Å². The predicted octanol–water partition coefficient (Wildman–Crippen LogP) is 2.50. The minimum atomic E-state index is 0.503. The van der Waals surface area contributed by atoms with Crippen LogP contribution in [-0.2, 0) is 6.54 Å². The van der Waals surface area contributed by atoms with Gasteiger partial charge in [-0.15, -0.1) is 0 Å². The summed E-state index contributed by atoms with van der Waals surface area (Å²) in [7, 11) is 0. The van der Waals surface area contributed by atoms with Gasteiger partial charge in [0.2, 0.25) is 0 Å². The number of benzene rings is 1. The highest BCUT2D eigenvalue weighted by molar-refractivity contribution is 5.83. The molecule has 2 N–H and O–H groups in total. The van der Waals surface area contributed by atoms with Crippen molar-refractivity contribution in [3.05, 3.63) is 53.6 Å². The highest BCUT2D eigenvalue weighted by atomic mass is 15.1. The van der Waals surface area contributed by atoms with Crippen LogP contribution in [0.4, 0.5) is 0 Å². The first kappa shape index (κ1) is 11.9. The molecule has 0 bridgehead atoms. The molecule has 0 saturated carbocycles. The van der Waals surface area contributed by atoms with Gasteiger partial charge >= 0.3 is 0 Å². The number of fused-ring (bicyclic) bond motifs is 1. The fourth-order valence-corrected chi connectivity index (χ4v) is 2.25. The molecule has 2 aromatic heterocycles. The Bertz CT molecular complexity index is 743. The molecule has 0 aliphatic carbocycles. The molecule has 4 nitrogen and oxygen atoms in total. The van der Waals surface area contributed by atoms with Crippen LogP contribution in [0.1, 0.15) is 17.0 Å². The number of pyridine rings is 1. The van der Waals surface area contributed by atoms with Crippen molar-refractivity contribution in [2.75, 3.05) is 0 Å². The van der Waals surface area contributed by atoms with E-state index in [1.54, 1.807) is 0 Å². The maximum absolute atomic E-state index is 5.85. The van der Waals surface area contributed by atoms with Crippen molar-refractivity contribution >= 4 is 10.9 Å². The standard InChI is InChI=1S/C15H16N4/c1-10-11(2)19(9-17-10)15-7-12(8-16)13-5-3-4-6-14(13)18-15/h3-7,9H,8,16H2,1-2H3. The Hall–Kier alpha value is -2.20. The maximum atomic E-state index is 5.85. The van der Waals surface area contributed by atoms with Crippen LogP contribution >= 0.6 is 0 Å². The lowest BCUT2D eigenvalue weighted by molar-refractivity contribution is 0.949. The molecule has 0 aliphatic heterocycles. The molecule has 0 spiro atoms. The lowest BCUT2D eigenvalue weighted by atomic mass is 10.1. The highest BCUT2D eigenvalue weighted by Crippen LogP contribution is 2.21. The topological polar surface area (TPSA) is 56.7 Å². The number of hydrogen-bond acceptors (Lipinski definition) is 3. The number of hydrogen-bond donors (Lipinski definition) is 1. The van der Waals surface area contributed by atoms with Gasteiger partial charge in [0, 0.05) is 17.6 Å². The Morgan fingerprint density at radius 1 is 1.21 bits per heavy atom. The maximum Gasteiger partial charge on any atom is 0.139 e. The van der Waals surface area contributed by atoms with Crippen molar-refractivity contribution in [1.29, 1.82) is 0 Å². The molecule has 0 fully saturated rings. The van der Waals surface area contributed by atoms with Gasteiger partial charge in [-0.3, -0.25) is 4.57 Å². The fraction of sp³-hybridized carbons (Fsp3) is 0.200. The third kappa shape index (κ3) is 1.90. The van der Waals surface area contributed by atoms with Crippen LogP contribution in [0.15, 0.2) is 36.7 Å². The summed E-state index contributed by atoms with van der Waals surface area (Å²) < 4.78 is 2.00. The lowest BCUT2D eigenvalue weighted by Gasteiger charge is -2.10. The Morgan fingerprint density at radius 2 is 2.00 bits per heavy atom. The van der Waals surface area contributed by atoms with Gasteiger partial charge in [0.15, 0.2) is 0 Å². The number of rotatable bonds is 2. The van der Waals surface area contributed by atoms with E-state index in [1.807, 2.05) is 49.0 Å². The summed E-state index contributed by atoms with van der Waals surface area (Å²) >= 11 is 0. The van der Waals surface area contributed by atoms with Gasteiger partial charge in [-0.25, -0.2) is 9.97 Å². The number of aromatic nitrogens is 3. The molecule has 0 atom stereocenters. The first-order valence-electron chi connectivity index (χ1n) is 6.30. The Balaban J connectivity index is 2.28. The average Bonchev–Trinajstić information content (AvgIpc) is 2.78. The van der Waals surface area contributed by atoms with Crippen LogP contribution in [0, 0.1) is 13.8 Å². The van der Waals surface area contributed by atoms with Crippen molar-refractivity contribution in [1.82, 2.24) is 14.5 Å². The van der Waals surface area contributed by atoms with Gasteiger partial charge in [-0.05, 0) is 31.5 Å². The molecule has 4 heteroatoms. The second kappa shape index (κ2) is 4.48. The molecule has 19 heavy (non-hydrogen) atoms. The Morgan fingerprint density at radius 3 is 2.68 bits per heavy atom. The van der Waals surface area contributed by atoms with Gasteiger partial charge in [0.25, 0.3) is 0 Å². The first-order valence-corrected chi connectivity index (χ1v) is 6.30. The summed E-state index contributed by atoms with van der Waals surface area (Å²) in [6.07, 6.45) is 1.81. The zero-order chi connectivity index (χ0) is 13.4. The smallest absolute Gasteiger partial charge is 0.139 e. The summed E-state index contributed by atoms with van der Waals surface area (Å²) in [5.74, 6) is 0.872. The minimum absolute atomic E-state index is 0.503. The summed E-state index contributed by atoms with van der Waals surface area (Å²) in [6, 6.07) is 10.1. The molecule has 3 rings (SSSR count). The van der Waals surface area contributed by atoms with E-state index in [9.17, 15) is 0 Å². The van der Waals surface area contributed by atoms with E-state index in [2.05, 4.69) is 11.1 Å². The van der Waals surface area contributed by atoms with Crippen molar-refractivity contribution in [2.24, 2.45) is 5.73 Å². The number of imidazole rings is 1. The first-order chi connectivity index (χ1) is 9.20. The molecule has 0 unspecified atom stereocenters. The van der Waals surface area contributed by atoms with Crippen molar-refractivity contribution < 1.29 is 0 Å². The van der Waals surface area contributed by atoms with E-state index in [0.29, 0.717) is 6.54 Å². The fourth-order valence-electron chi connectivity index (χ4n) is 2.25. The average molecular weight is 252 g/mol. The molecule has 0 amide bonds. The molecular weight excluding hydrogens is 236 g/mol. The summed E-state index contributed by atoms with van der Waals surface area (Å²) in [5, 5.41) is 1.11. The lowest BCUT2D eigenvalue weighted by Crippen LogP contribution is -2.04. The van der Waals surface area contributed by atoms with Gasteiger partial charge in [0.1, 0.15) is 12.1 Å². The molecule has 1 aromatic carbocycles. The van der Waals surface area contributed by atoms with Gasteiger partial charge in [-0.1, -0.05) is 18.2 Å². The van der Waals surface area contributed by atoms with Crippen LogP contribution in [-0.4, -0.2) is 14.5 Å². The van der Waals surface area contributed by atoms with E-state index in [-0.39, 0.29) is 0 Å². The van der Waals surface area contributed by atoms with Crippen molar-refractivity contribution in [2.45, 2.75) is 20.4 Å². The van der Waals surface area contributed by atoms with Gasteiger partial charge in [-0.2, -0.15) is 0 Å². The van der Waals surface area contributed by atoms with E-state index in [1.165, 1.54) is 0 Å². The summed E-state index contributed by atoms with van der Waals surface area (Å²) in [6.45, 7) is 4.54. The van der Waals surface area contributed by atoms with Crippen LogP contribution in [0.2, 0.25) is 0 Å². The van der Waals surface area contributed by atoms with E-state index < -0.39 is 0 Å². The van der Waals surface area contributed by atoms with Crippen LogP contribution in [0.3, 0.4) is 0 Å². The molecule has 3 aromatic rings. The van der Waals surface area contributed by atoms with Crippen molar-refractivity contribution in [3.8, 4) is 5.82 Å². The highest BCUT2D eigenvalue weighted by Gasteiger charge is 2.09. The number of nitrogens with zero attached hydrogens (tertiary/aromatic N) is 3. The molecular formula is C15H16N4. The van der Waals surface area contributed by atoms with E-state index >= 15 is 0 Å². The second-order valence-electron chi connectivity index (χ2n) is 4.65. The van der Waals surface area contributed by atoms with Gasteiger partial charge < -0.3 is 5.73 Å². The third-order valence-electron chi connectivity index (χ3n) is 3.51. The molecule has 96 valence electrons. The molecule has 0 radical (unpaired) electrons. The third-order valence-corrected chi connectivity index (χ3v) is 3.51. The van der Waals surface area contributed by atoms with Crippen LogP contribution < -0.4 is 5.73 Å². The summed E-state index contributed by atoms with van der Waals surface area (Å²) in [5.41, 5.74) is 10.0. The monoisotopic (exact) mass is 252 g/mol. The zero-order valence-corrected chi connectivity index (χ0v) is 11.1. The molecule has 0 saturated heterocycles. The van der Waals surface area contributed by atoms with E-state index in [0.717, 1.165) is 33.7 Å². The second-order valence-corrected chi connectivity index (χ2v) is 4.65. The van der Waals surface area contributed by atoms with Crippen LogP contribution in [0.5, 0.6) is 0 Å². The predicted molar refractivity (Wildman–Crippen MR) is 76.2 cm³/mol.